The minimum absolute atomic E-state index is 0.0364. The second-order valence-electron chi connectivity index (χ2n) is 8.35. The van der Waals surface area contributed by atoms with Crippen LogP contribution in [0.3, 0.4) is 0 Å². The first-order valence-electron chi connectivity index (χ1n) is 10.8. The van der Waals surface area contributed by atoms with Gasteiger partial charge in [0.05, 0.1) is 18.1 Å². The van der Waals surface area contributed by atoms with Crippen LogP contribution in [-0.4, -0.2) is 68.3 Å². The summed E-state index contributed by atoms with van der Waals surface area (Å²) >= 11 is 0. The van der Waals surface area contributed by atoms with Crippen LogP contribution in [0.2, 0.25) is 0 Å². The van der Waals surface area contributed by atoms with E-state index in [1.807, 2.05) is 19.1 Å². The molecule has 0 bridgehead atoms. The van der Waals surface area contributed by atoms with Crippen LogP contribution in [0.5, 0.6) is 0 Å². The first-order chi connectivity index (χ1) is 16.1. The Morgan fingerprint density at radius 3 is 2.53 bits per heavy atom. The number of nitrogens with zero attached hydrogens (tertiary/aromatic N) is 2. The molecule has 34 heavy (non-hydrogen) atoms. The van der Waals surface area contributed by atoms with E-state index in [9.17, 15) is 22.8 Å². The molecule has 4 amide bonds. The van der Waals surface area contributed by atoms with Crippen molar-refractivity contribution < 1.29 is 27.5 Å². The fourth-order valence-electron chi connectivity index (χ4n) is 4.17. The summed E-state index contributed by atoms with van der Waals surface area (Å²) < 4.78 is 32.3. The second kappa shape index (κ2) is 9.16. The summed E-state index contributed by atoms with van der Waals surface area (Å²) in [6.07, 6.45) is 0. The van der Waals surface area contributed by atoms with Crippen molar-refractivity contribution >= 4 is 33.6 Å². The molecule has 2 saturated heterocycles. The van der Waals surface area contributed by atoms with E-state index < -0.39 is 40.0 Å². The molecule has 2 aromatic rings. The van der Waals surface area contributed by atoms with Crippen molar-refractivity contribution in [3.05, 3.63) is 59.7 Å². The number of sulfonamides is 1. The number of benzene rings is 2. The predicted octanol–water partition coefficient (Wildman–Crippen LogP) is 1.42. The molecule has 2 aliphatic rings. The van der Waals surface area contributed by atoms with Gasteiger partial charge in [-0.2, -0.15) is 4.31 Å². The van der Waals surface area contributed by atoms with Crippen molar-refractivity contribution in [3.8, 4) is 0 Å². The molecule has 180 valence electrons. The lowest BCUT2D eigenvalue weighted by Gasteiger charge is -2.26. The van der Waals surface area contributed by atoms with Gasteiger partial charge in [-0.3, -0.25) is 14.5 Å². The van der Waals surface area contributed by atoms with Crippen LogP contribution in [0.25, 0.3) is 0 Å². The van der Waals surface area contributed by atoms with E-state index in [0.29, 0.717) is 18.8 Å². The lowest BCUT2D eigenvalue weighted by molar-refractivity contribution is -0.133. The summed E-state index contributed by atoms with van der Waals surface area (Å²) in [7, 11) is -3.74. The third-order valence-corrected chi connectivity index (χ3v) is 7.88. The number of carbonyl (C=O) groups is 3. The van der Waals surface area contributed by atoms with Gasteiger partial charge in [-0.1, -0.05) is 30.3 Å². The average Bonchev–Trinajstić information content (AvgIpc) is 3.03. The Balaban J connectivity index is 1.47. The predicted molar refractivity (Wildman–Crippen MR) is 123 cm³/mol. The molecule has 4 rings (SSSR count). The molecule has 2 heterocycles. The molecule has 2 N–H and O–H groups in total. The van der Waals surface area contributed by atoms with Crippen molar-refractivity contribution in [1.82, 2.24) is 14.5 Å². The molecule has 1 unspecified atom stereocenters. The Morgan fingerprint density at radius 2 is 1.82 bits per heavy atom. The van der Waals surface area contributed by atoms with Gasteiger partial charge in [0, 0.05) is 18.8 Å². The summed E-state index contributed by atoms with van der Waals surface area (Å²) in [6.45, 7) is 4.09. The number of nitrogens with one attached hydrogen (secondary N) is 2. The van der Waals surface area contributed by atoms with Gasteiger partial charge in [-0.15, -0.1) is 0 Å². The van der Waals surface area contributed by atoms with Gasteiger partial charge in [0.15, 0.2) is 0 Å². The monoisotopic (exact) mass is 486 g/mol. The van der Waals surface area contributed by atoms with Crippen LogP contribution in [0.1, 0.15) is 18.1 Å². The number of imide groups is 1. The number of morpholine rings is 1. The van der Waals surface area contributed by atoms with Crippen LogP contribution >= 0.6 is 0 Å². The second-order valence-corrected chi connectivity index (χ2v) is 10.3. The Morgan fingerprint density at radius 1 is 1.12 bits per heavy atom. The Bertz CT molecular complexity index is 1240. The topological polar surface area (TPSA) is 125 Å². The minimum atomic E-state index is -3.74. The quantitative estimate of drug-likeness (QED) is 0.595. The maximum absolute atomic E-state index is 13.1. The molecule has 0 spiro atoms. The van der Waals surface area contributed by atoms with E-state index in [2.05, 4.69) is 10.6 Å². The number of amides is 4. The Kier molecular flexibility index (Phi) is 6.43. The smallest absolute Gasteiger partial charge is 0.325 e. The number of carbonyl (C=O) groups excluding carboxylic acids is 3. The molecule has 10 nitrogen and oxygen atoms in total. The molecular formula is C23H26N4O6S. The molecule has 2 fully saturated rings. The van der Waals surface area contributed by atoms with Crippen molar-refractivity contribution in [2.75, 3.05) is 38.2 Å². The zero-order valence-electron chi connectivity index (χ0n) is 18.9. The average molecular weight is 487 g/mol. The lowest BCUT2D eigenvalue weighted by atomic mass is 9.88. The summed E-state index contributed by atoms with van der Waals surface area (Å²) in [5.74, 6) is -1.16. The number of aryl methyl sites for hydroxylation is 1. The summed E-state index contributed by atoms with van der Waals surface area (Å²) in [4.78, 5) is 39.2. The van der Waals surface area contributed by atoms with Gasteiger partial charge < -0.3 is 15.4 Å². The van der Waals surface area contributed by atoms with Crippen molar-refractivity contribution in [3.63, 3.8) is 0 Å². The number of rotatable bonds is 6. The molecule has 11 heteroatoms. The van der Waals surface area contributed by atoms with Crippen LogP contribution < -0.4 is 10.6 Å². The summed E-state index contributed by atoms with van der Waals surface area (Å²) in [5, 5.41) is 5.27. The molecule has 0 saturated carbocycles. The lowest BCUT2D eigenvalue weighted by Crippen LogP contribution is -2.42. The number of anilines is 1. The van der Waals surface area contributed by atoms with Gasteiger partial charge in [-0.05, 0) is 43.2 Å². The van der Waals surface area contributed by atoms with Crippen molar-refractivity contribution in [2.24, 2.45) is 0 Å². The highest BCUT2D eigenvalue weighted by molar-refractivity contribution is 7.89. The largest absolute Gasteiger partial charge is 0.379 e. The Labute approximate surface area is 197 Å². The van der Waals surface area contributed by atoms with E-state index >= 15 is 0 Å². The highest BCUT2D eigenvalue weighted by Gasteiger charge is 2.50. The third-order valence-electron chi connectivity index (χ3n) is 5.99. The summed E-state index contributed by atoms with van der Waals surface area (Å²) in [5.41, 5.74) is 0.447. The van der Waals surface area contributed by atoms with E-state index in [4.69, 9.17) is 4.74 Å². The number of hydrogen-bond donors (Lipinski definition) is 2. The van der Waals surface area contributed by atoms with Crippen molar-refractivity contribution in [1.29, 1.82) is 0 Å². The molecule has 2 aliphatic heterocycles. The van der Waals surface area contributed by atoms with Crippen LogP contribution in [0, 0.1) is 6.92 Å². The Hall–Kier alpha value is -3.28. The molecule has 0 aromatic heterocycles. The zero-order chi connectivity index (χ0) is 24.5. The molecule has 1 atom stereocenters. The van der Waals surface area contributed by atoms with Gasteiger partial charge >= 0.3 is 6.03 Å². The minimum Gasteiger partial charge on any atom is -0.379 e. The van der Waals surface area contributed by atoms with E-state index in [1.54, 1.807) is 25.1 Å². The van der Waals surface area contributed by atoms with Gasteiger partial charge in [0.25, 0.3) is 5.91 Å². The van der Waals surface area contributed by atoms with Crippen LogP contribution in [0.4, 0.5) is 10.5 Å². The fraction of sp³-hybridized carbons (Fsp3) is 0.348. The highest BCUT2D eigenvalue weighted by Crippen LogP contribution is 2.31. The number of ether oxygens (including phenoxy) is 1. The summed E-state index contributed by atoms with van der Waals surface area (Å²) in [6, 6.07) is 12.4. The maximum Gasteiger partial charge on any atom is 0.325 e. The number of hydrogen-bond acceptors (Lipinski definition) is 6. The zero-order valence-corrected chi connectivity index (χ0v) is 19.7. The van der Waals surface area contributed by atoms with Gasteiger partial charge in [-0.25, -0.2) is 13.2 Å². The molecular weight excluding hydrogens is 460 g/mol. The van der Waals surface area contributed by atoms with E-state index in [0.717, 1.165) is 10.5 Å². The molecule has 2 aromatic carbocycles. The van der Waals surface area contributed by atoms with Gasteiger partial charge in [0.1, 0.15) is 12.1 Å². The normalized spacial score (nSPS) is 21.4. The number of urea groups is 1. The van der Waals surface area contributed by atoms with Gasteiger partial charge in [0.2, 0.25) is 15.9 Å². The standard InChI is InChI=1S/C23H26N4O6S/c1-16-6-3-4-9-19(16)23(2)21(29)27(22(30)25-23)15-20(28)24-17-7-5-8-18(14-17)34(31,32)26-10-12-33-13-11-26/h3-9,14H,10-13,15H2,1-2H3,(H,24,28)(H,25,30). The first-order valence-corrected chi connectivity index (χ1v) is 12.2. The fourth-order valence-corrected chi connectivity index (χ4v) is 5.63. The van der Waals surface area contributed by atoms with Crippen LogP contribution in [-0.2, 0) is 29.9 Å². The van der Waals surface area contributed by atoms with Crippen LogP contribution in [0.15, 0.2) is 53.4 Å². The third kappa shape index (κ3) is 4.41. The van der Waals surface area contributed by atoms with Crippen molar-refractivity contribution in [2.45, 2.75) is 24.3 Å². The molecule has 0 radical (unpaired) electrons. The first kappa shape index (κ1) is 23.9. The maximum atomic E-state index is 13.1. The van der Waals surface area contributed by atoms with E-state index in [-0.39, 0.29) is 23.7 Å². The van der Waals surface area contributed by atoms with E-state index in [1.165, 1.54) is 22.5 Å². The SMILES string of the molecule is Cc1ccccc1C1(C)NC(=O)N(CC(=O)Nc2cccc(S(=O)(=O)N3CCOCC3)c2)C1=O. The highest BCUT2D eigenvalue weighted by atomic mass is 32.2. The molecule has 0 aliphatic carbocycles.